The van der Waals surface area contributed by atoms with Crippen LogP contribution < -0.4 is 0 Å². The van der Waals surface area contributed by atoms with Crippen molar-refractivity contribution in [2.75, 3.05) is 41.0 Å². The summed E-state index contributed by atoms with van der Waals surface area (Å²) in [5.41, 5.74) is 0. The molecule has 0 amide bonds. The highest BCUT2D eigenvalue weighted by atomic mass is 16.6. The number of hydrogen-bond acceptors (Lipinski definition) is 6. The summed E-state index contributed by atoms with van der Waals surface area (Å²) in [6.45, 7) is 4.57. The predicted octanol–water partition coefficient (Wildman–Crippen LogP) is 10.9. The fourth-order valence-electron chi connectivity index (χ4n) is 5.79. The van der Waals surface area contributed by atoms with Gasteiger partial charge in [0.15, 0.2) is 12.1 Å². The molecule has 0 spiro atoms. The number of unbranched alkanes of at least 4 members (excludes halogenated alkanes) is 14. The van der Waals surface area contributed by atoms with E-state index in [0.29, 0.717) is 19.3 Å². The van der Waals surface area contributed by atoms with Crippen molar-refractivity contribution in [1.82, 2.24) is 0 Å². The molecule has 0 bridgehead atoms. The zero-order valence-electron chi connectivity index (χ0n) is 34.0. The molecule has 0 aromatic rings. The van der Waals surface area contributed by atoms with Crippen LogP contribution in [0.4, 0.5) is 0 Å². The second-order valence-corrected chi connectivity index (χ2v) is 14.9. The van der Waals surface area contributed by atoms with E-state index >= 15 is 0 Å². The molecule has 8 heteroatoms. The third-order valence-electron chi connectivity index (χ3n) is 8.99. The lowest BCUT2D eigenvalue weighted by Gasteiger charge is -2.31. The van der Waals surface area contributed by atoms with Crippen LogP contribution in [0.15, 0.2) is 48.6 Å². The average molecular weight is 733 g/mol. The monoisotopic (exact) mass is 733 g/mol. The molecule has 52 heavy (non-hydrogen) atoms. The molecule has 0 aromatic carbocycles. The van der Waals surface area contributed by atoms with E-state index in [1.807, 2.05) is 21.1 Å². The number of carboxylic acid groups (broad SMARTS) is 1. The molecule has 0 heterocycles. The molecule has 0 aliphatic carbocycles. The van der Waals surface area contributed by atoms with Gasteiger partial charge < -0.3 is 23.8 Å². The molecule has 0 aliphatic rings. The SMILES string of the molecule is CC/C=C/C/C=C/C/C=C/C/C=C/CCCCCCCCCC(=O)OC(COCCC(C(=O)O)[N+](C)(C)C)COC(=O)CCCCCCCCCC. The summed E-state index contributed by atoms with van der Waals surface area (Å²) >= 11 is 0. The fraction of sp³-hybridized carbons (Fsp3) is 0.750. The van der Waals surface area contributed by atoms with Crippen molar-refractivity contribution in [3.63, 3.8) is 0 Å². The molecular weight excluding hydrogens is 654 g/mol. The van der Waals surface area contributed by atoms with Crippen molar-refractivity contribution < 1.29 is 38.2 Å². The first kappa shape index (κ1) is 49.3. The number of esters is 2. The number of quaternary nitrogens is 1. The lowest BCUT2D eigenvalue weighted by molar-refractivity contribution is -0.887. The Morgan fingerprint density at radius 2 is 1.08 bits per heavy atom. The Morgan fingerprint density at radius 3 is 1.60 bits per heavy atom. The number of ether oxygens (including phenoxy) is 3. The highest BCUT2D eigenvalue weighted by molar-refractivity contribution is 5.72. The number of likely N-dealkylation sites (N-methyl/N-ethyl adjacent to an activating group) is 1. The maximum Gasteiger partial charge on any atom is 0.362 e. The summed E-state index contributed by atoms with van der Waals surface area (Å²) in [7, 11) is 5.51. The van der Waals surface area contributed by atoms with Gasteiger partial charge in [0.1, 0.15) is 6.61 Å². The molecular formula is C44H78NO7+. The first-order valence-electron chi connectivity index (χ1n) is 20.7. The number of nitrogens with zero attached hydrogens (tertiary/aromatic N) is 1. The molecule has 8 nitrogen and oxygen atoms in total. The van der Waals surface area contributed by atoms with Crippen molar-refractivity contribution in [3.05, 3.63) is 48.6 Å². The minimum atomic E-state index is -0.879. The third-order valence-corrected chi connectivity index (χ3v) is 8.99. The van der Waals surface area contributed by atoms with Gasteiger partial charge in [0.05, 0.1) is 34.4 Å². The van der Waals surface area contributed by atoms with E-state index in [2.05, 4.69) is 62.5 Å². The number of carbonyl (C=O) groups excluding carboxylic acids is 2. The zero-order valence-corrected chi connectivity index (χ0v) is 34.0. The van der Waals surface area contributed by atoms with E-state index < -0.39 is 18.1 Å². The summed E-state index contributed by atoms with van der Waals surface area (Å²) in [6, 6.07) is -0.615. The Kier molecular flexibility index (Phi) is 33.5. The van der Waals surface area contributed by atoms with Crippen LogP contribution in [0.1, 0.15) is 162 Å². The number of carboxylic acids is 1. The second kappa shape index (κ2) is 35.3. The fourth-order valence-corrected chi connectivity index (χ4v) is 5.79. The van der Waals surface area contributed by atoms with Crippen molar-refractivity contribution in [2.45, 2.75) is 174 Å². The molecule has 0 rings (SSSR count). The van der Waals surface area contributed by atoms with Gasteiger partial charge in [-0.05, 0) is 51.4 Å². The van der Waals surface area contributed by atoms with Crippen LogP contribution in [0.2, 0.25) is 0 Å². The van der Waals surface area contributed by atoms with Gasteiger partial charge in [-0.1, -0.05) is 140 Å². The van der Waals surface area contributed by atoms with Crippen LogP contribution >= 0.6 is 0 Å². The van der Waals surface area contributed by atoms with E-state index in [0.717, 1.165) is 70.6 Å². The zero-order chi connectivity index (χ0) is 38.5. The van der Waals surface area contributed by atoms with Crippen molar-refractivity contribution >= 4 is 17.9 Å². The van der Waals surface area contributed by atoms with Gasteiger partial charge in [-0.15, -0.1) is 0 Å². The van der Waals surface area contributed by atoms with Crippen LogP contribution in [-0.4, -0.2) is 80.6 Å². The van der Waals surface area contributed by atoms with Gasteiger partial charge in [0, 0.05) is 19.3 Å². The molecule has 2 atom stereocenters. The number of carbonyl (C=O) groups is 3. The van der Waals surface area contributed by atoms with Gasteiger partial charge in [-0.2, -0.15) is 0 Å². The minimum absolute atomic E-state index is 0.0554. The normalized spacial score (nSPS) is 13.5. The third kappa shape index (κ3) is 33.1. The van der Waals surface area contributed by atoms with Crippen LogP contribution in [0.25, 0.3) is 0 Å². The number of rotatable bonds is 36. The van der Waals surface area contributed by atoms with Gasteiger partial charge in [0.2, 0.25) is 0 Å². The number of aliphatic carboxylic acids is 1. The van der Waals surface area contributed by atoms with Gasteiger partial charge in [-0.25, -0.2) is 4.79 Å². The average Bonchev–Trinajstić information content (AvgIpc) is 3.09. The summed E-state index contributed by atoms with van der Waals surface area (Å²) in [5.74, 6) is -1.49. The molecule has 0 aliphatic heterocycles. The molecule has 2 unspecified atom stereocenters. The van der Waals surface area contributed by atoms with Crippen LogP contribution in [0.3, 0.4) is 0 Å². The quantitative estimate of drug-likeness (QED) is 0.0296. The Bertz CT molecular complexity index is 995. The number of hydrogen-bond donors (Lipinski definition) is 1. The van der Waals surface area contributed by atoms with E-state index in [-0.39, 0.29) is 36.2 Å². The van der Waals surface area contributed by atoms with Crippen LogP contribution in [0.5, 0.6) is 0 Å². The lowest BCUT2D eigenvalue weighted by Crippen LogP contribution is -2.50. The van der Waals surface area contributed by atoms with E-state index in [9.17, 15) is 19.5 Å². The van der Waals surface area contributed by atoms with Gasteiger partial charge in [-0.3, -0.25) is 9.59 Å². The maximum atomic E-state index is 12.7. The summed E-state index contributed by atoms with van der Waals surface area (Å²) in [6.07, 6.45) is 40.2. The molecule has 0 aromatic heterocycles. The van der Waals surface area contributed by atoms with E-state index in [1.165, 1.54) is 57.8 Å². The van der Waals surface area contributed by atoms with Crippen LogP contribution in [0, 0.1) is 0 Å². The summed E-state index contributed by atoms with van der Waals surface area (Å²) in [5, 5.41) is 9.59. The predicted molar refractivity (Wildman–Crippen MR) is 215 cm³/mol. The standard InChI is InChI=1S/C44H77NO7/c1-6-8-10-12-14-16-17-18-19-20-21-22-23-24-25-26-27-29-31-33-35-43(47)52-40(38-50-37-36-41(44(48)49)45(3,4)5)39-51-42(46)34-32-30-28-15-13-11-9-7-2/h8,10,14,16,18-19,21-22,40-41H,6-7,9,11-13,15,17,20,23-39H2,1-5H3/p+1/b10-8+,16-14+,19-18+,22-21+. The Balaban J connectivity index is 4.31. The highest BCUT2D eigenvalue weighted by Gasteiger charge is 2.31. The van der Waals surface area contributed by atoms with Crippen molar-refractivity contribution in [2.24, 2.45) is 0 Å². The largest absolute Gasteiger partial charge is 0.477 e. The molecule has 0 saturated heterocycles. The Hall–Kier alpha value is -2.71. The number of allylic oxidation sites excluding steroid dienone is 8. The Morgan fingerprint density at radius 1 is 0.596 bits per heavy atom. The second-order valence-electron chi connectivity index (χ2n) is 14.9. The molecule has 1 N–H and O–H groups in total. The van der Waals surface area contributed by atoms with Crippen molar-refractivity contribution in [1.29, 1.82) is 0 Å². The first-order valence-corrected chi connectivity index (χ1v) is 20.7. The summed E-state index contributed by atoms with van der Waals surface area (Å²) in [4.78, 5) is 36.8. The Labute approximate surface area is 318 Å². The summed E-state index contributed by atoms with van der Waals surface area (Å²) < 4.78 is 17.2. The molecule has 0 saturated carbocycles. The van der Waals surface area contributed by atoms with E-state index in [1.54, 1.807) is 0 Å². The molecule has 0 fully saturated rings. The first-order chi connectivity index (χ1) is 25.1. The highest BCUT2D eigenvalue weighted by Crippen LogP contribution is 2.13. The lowest BCUT2D eigenvalue weighted by atomic mass is 10.1. The van der Waals surface area contributed by atoms with Gasteiger partial charge in [0.25, 0.3) is 0 Å². The van der Waals surface area contributed by atoms with E-state index in [4.69, 9.17) is 14.2 Å². The molecule has 0 radical (unpaired) electrons. The molecule has 300 valence electrons. The van der Waals surface area contributed by atoms with Crippen molar-refractivity contribution in [3.8, 4) is 0 Å². The van der Waals surface area contributed by atoms with Gasteiger partial charge >= 0.3 is 17.9 Å². The minimum Gasteiger partial charge on any atom is -0.477 e. The maximum absolute atomic E-state index is 12.7. The smallest absolute Gasteiger partial charge is 0.362 e. The van der Waals surface area contributed by atoms with Crippen LogP contribution in [-0.2, 0) is 28.6 Å². The topological polar surface area (TPSA) is 99.1 Å².